The van der Waals surface area contributed by atoms with Crippen LogP contribution in [0.25, 0.3) is 0 Å². The minimum atomic E-state index is 0.200. The van der Waals surface area contributed by atoms with Gasteiger partial charge in [0.2, 0.25) is 0 Å². The van der Waals surface area contributed by atoms with E-state index in [2.05, 4.69) is 45.1 Å². The van der Waals surface area contributed by atoms with E-state index < -0.39 is 0 Å². The van der Waals surface area contributed by atoms with Gasteiger partial charge >= 0.3 is 0 Å². The zero-order valence-electron chi connectivity index (χ0n) is 12.9. The Bertz CT molecular complexity index is 611. The Hall–Kier alpha value is -0.540. The summed E-state index contributed by atoms with van der Waals surface area (Å²) in [4.78, 5) is 0. The van der Waals surface area contributed by atoms with Crippen molar-refractivity contribution < 1.29 is 0 Å². The molecule has 114 valence electrons. The lowest BCUT2D eigenvalue weighted by molar-refractivity contribution is 0.549. The summed E-state index contributed by atoms with van der Waals surface area (Å²) in [7, 11) is 0. The van der Waals surface area contributed by atoms with Crippen molar-refractivity contribution in [3.8, 4) is 0 Å². The zero-order valence-corrected chi connectivity index (χ0v) is 15.2. The molecule has 1 N–H and O–H groups in total. The Balaban J connectivity index is 2.35. The van der Waals surface area contributed by atoms with Crippen LogP contribution < -0.4 is 5.32 Å². The second-order valence-electron chi connectivity index (χ2n) is 5.47. The number of hydrogen-bond donors (Lipinski definition) is 1. The highest BCUT2D eigenvalue weighted by Crippen LogP contribution is 2.36. The van der Waals surface area contributed by atoms with Gasteiger partial charge in [0.15, 0.2) is 0 Å². The largest absolute Gasteiger partial charge is 0.310 e. The summed E-state index contributed by atoms with van der Waals surface area (Å²) in [5.74, 6) is 0. The number of benzene rings is 1. The molecule has 4 heteroatoms. The van der Waals surface area contributed by atoms with Crippen molar-refractivity contribution in [1.82, 2.24) is 5.32 Å². The van der Waals surface area contributed by atoms with Crippen LogP contribution in [-0.4, -0.2) is 6.54 Å². The van der Waals surface area contributed by atoms with Crippen LogP contribution >= 0.6 is 34.5 Å². The predicted molar refractivity (Wildman–Crippen MR) is 95.1 cm³/mol. The Morgan fingerprint density at radius 3 is 2.19 bits per heavy atom. The Morgan fingerprint density at radius 2 is 1.71 bits per heavy atom. The van der Waals surface area contributed by atoms with E-state index in [-0.39, 0.29) is 6.04 Å². The van der Waals surface area contributed by atoms with Crippen molar-refractivity contribution >= 4 is 34.5 Å². The summed E-state index contributed by atoms with van der Waals surface area (Å²) in [5.41, 5.74) is 6.49. The normalized spacial score (nSPS) is 12.7. The quantitative estimate of drug-likeness (QED) is 0.716. The van der Waals surface area contributed by atoms with E-state index in [9.17, 15) is 0 Å². The number of rotatable bonds is 5. The van der Waals surface area contributed by atoms with Crippen molar-refractivity contribution in [2.24, 2.45) is 0 Å². The lowest BCUT2D eigenvalue weighted by atomic mass is 9.92. The van der Waals surface area contributed by atoms with Crippen LogP contribution in [0.5, 0.6) is 0 Å². The molecule has 0 saturated carbocycles. The summed E-state index contributed by atoms with van der Waals surface area (Å²) in [6, 6.07) is 6.67. The van der Waals surface area contributed by atoms with Gasteiger partial charge in [-0.05, 0) is 56.5 Å². The maximum atomic E-state index is 6.34. The molecule has 1 atom stereocenters. The van der Waals surface area contributed by atoms with Crippen LogP contribution in [0.15, 0.2) is 18.2 Å². The second-order valence-corrected chi connectivity index (χ2v) is 7.76. The summed E-state index contributed by atoms with van der Waals surface area (Å²) in [5, 5.41) is 3.53. The van der Waals surface area contributed by atoms with Gasteiger partial charge in [-0.15, -0.1) is 11.3 Å². The van der Waals surface area contributed by atoms with E-state index in [0.717, 1.165) is 27.2 Å². The molecule has 1 heterocycles. The molecule has 0 bridgehead atoms. The van der Waals surface area contributed by atoms with E-state index in [0.29, 0.717) is 0 Å². The summed E-state index contributed by atoms with van der Waals surface area (Å²) < 4.78 is 1.53. The molecule has 1 aromatic carbocycles. The first-order chi connectivity index (χ1) is 9.92. The van der Waals surface area contributed by atoms with Crippen LogP contribution in [0.2, 0.25) is 8.67 Å². The lowest BCUT2D eigenvalue weighted by Gasteiger charge is -2.20. The summed E-state index contributed by atoms with van der Waals surface area (Å²) in [6.45, 7) is 9.52. The van der Waals surface area contributed by atoms with Gasteiger partial charge in [0.25, 0.3) is 0 Å². The van der Waals surface area contributed by atoms with Crippen LogP contribution in [0.1, 0.15) is 40.8 Å². The van der Waals surface area contributed by atoms with Gasteiger partial charge in [-0.1, -0.05) is 47.8 Å². The fraction of sp³-hybridized carbons (Fsp3) is 0.412. The fourth-order valence-electron chi connectivity index (χ4n) is 2.87. The standard InChI is InChI=1S/C17H21Cl2NS/c1-5-20-15(14-9-16(18)21-17(14)19)8-13-11(3)6-10(2)7-12(13)4/h6-7,9,15,20H,5,8H2,1-4H3. The Labute approximate surface area is 141 Å². The highest BCUT2D eigenvalue weighted by atomic mass is 35.5. The third kappa shape index (κ3) is 4.01. The first-order valence-electron chi connectivity index (χ1n) is 7.17. The average molecular weight is 342 g/mol. The molecular formula is C17H21Cl2NS. The number of hydrogen-bond acceptors (Lipinski definition) is 2. The van der Waals surface area contributed by atoms with Crippen LogP contribution in [-0.2, 0) is 6.42 Å². The first kappa shape index (κ1) is 16.8. The van der Waals surface area contributed by atoms with E-state index in [1.54, 1.807) is 0 Å². The molecular weight excluding hydrogens is 321 g/mol. The van der Waals surface area contributed by atoms with Crippen LogP contribution in [0.4, 0.5) is 0 Å². The van der Waals surface area contributed by atoms with E-state index >= 15 is 0 Å². The molecule has 0 aliphatic heterocycles. The molecule has 1 unspecified atom stereocenters. The highest BCUT2D eigenvalue weighted by molar-refractivity contribution is 7.20. The van der Waals surface area contributed by atoms with Gasteiger partial charge in [-0.2, -0.15) is 0 Å². The van der Waals surface area contributed by atoms with Gasteiger partial charge in [0, 0.05) is 11.6 Å². The summed E-state index contributed by atoms with van der Waals surface area (Å²) >= 11 is 13.9. The van der Waals surface area contributed by atoms with Gasteiger partial charge < -0.3 is 5.32 Å². The van der Waals surface area contributed by atoms with Crippen molar-refractivity contribution in [2.75, 3.05) is 6.54 Å². The van der Waals surface area contributed by atoms with Crippen molar-refractivity contribution in [3.63, 3.8) is 0 Å². The van der Waals surface area contributed by atoms with E-state index in [1.165, 1.54) is 33.6 Å². The Kier molecular flexibility index (Phi) is 5.73. The summed E-state index contributed by atoms with van der Waals surface area (Å²) in [6.07, 6.45) is 0.929. The first-order valence-corrected chi connectivity index (χ1v) is 8.74. The van der Waals surface area contributed by atoms with Crippen molar-refractivity contribution in [2.45, 2.75) is 40.2 Å². The molecule has 0 fully saturated rings. The van der Waals surface area contributed by atoms with Crippen LogP contribution in [0, 0.1) is 20.8 Å². The number of likely N-dealkylation sites (N-methyl/N-ethyl adjacent to an activating group) is 1. The SMILES string of the molecule is CCNC(Cc1c(C)cc(C)cc1C)c1cc(Cl)sc1Cl. The average Bonchev–Trinajstić information content (AvgIpc) is 2.71. The third-order valence-corrected chi connectivity index (χ3v) is 5.28. The molecule has 0 spiro atoms. The van der Waals surface area contributed by atoms with Gasteiger partial charge in [-0.3, -0.25) is 0 Å². The van der Waals surface area contributed by atoms with Crippen molar-refractivity contribution in [1.29, 1.82) is 0 Å². The second kappa shape index (κ2) is 7.15. The smallest absolute Gasteiger partial charge is 0.0992 e. The molecule has 0 aliphatic carbocycles. The van der Waals surface area contributed by atoms with Crippen LogP contribution in [0.3, 0.4) is 0 Å². The molecule has 0 radical (unpaired) electrons. The third-order valence-electron chi connectivity index (χ3n) is 3.76. The van der Waals surface area contributed by atoms with E-state index in [1.807, 2.05) is 6.07 Å². The zero-order chi connectivity index (χ0) is 15.6. The number of nitrogens with one attached hydrogen (secondary N) is 1. The van der Waals surface area contributed by atoms with Gasteiger partial charge in [-0.25, -0.2) is 0 Å². The molecule has 0 amide bonds. The molecule has 21 heavy (non-hydrogen) atoms. The van der Waals surface area contributed by atoms with Crippen molar-refractivity contribution in [3.05, 3.63) is 54.7 Å². The minimum Gasteiger partial charge on any atom is -0.310 e. The van der Waals surface area contributed by atoms with Gasteiger partial charge in [0.05, 0.1) is 8.67 Å². The molecule has 0 saturated heterocycles. The maximum absolute atomic E-state index is 6.34. The lowest BCUT2D eigenvalue weighted by Crippen LogP contribution is -2.23. The number of thiophene rings is 1. The molecule has 2 rings (SSSR count). The molecule has 2 aromatic rings. The Morgan fingerprint density at radius 1 is 1.10 bits per heavy atom. The molecule has 1 nitrogen and oxygen atoms in total. The topological polar surface area (TPSA) is 12.0 Å². The molecule has 0 aliphatic rings. The predicted octanol–water partition coefficient (Wildman–Crippen LogP) is 5.87. The molecule has 1 aromatic heterocycles. The van der Waals surface area contributed by atoms with Gasteiger partial charge in [0.1, 0.15) is 0 Å². The number of aryl methyl sites for hydroxylation is 3. The number of halogens is 2. The fourth-order valence-corrected chi connectivity index (χ4v) is 4.44. The maximum Gasteiger partial charge on any atom is 0.0992 e. The van der Waals surface area contributed by atoms with E-state index in [4.69, 9.17) is 23.2 Å². The minimum absolute atomic E-state index is 0.200. The highest BCUT2D eigenvalue weighted by Gasteiger charge is 2.19. The monoisotopic (exact) mass is 341 g/mol.